The molecule has 1 aromatic rings. The molecule has 0 aliphatic carbocycles. The SMILES string of the molecule is CCOC(=O)CN1C(=O)C(C)(O)c2c(OC)nc(SC)nc21. The average Bonchev–Trinajstić information content (AvgIpc) is 2.67. The number of methoxy groups -OCH3 is 1. The third-order valence-corrected chi connectivity index (χ3v) is 3.76. The molecule has 9 heteroatoms. The Kier molecular flexibility index (Phi) is 4.57. The molecule has 1 amide bonds. The van der Waals surface area contributed by atoms with E-state index in [4.69, 9.17) is 9.47 Å². The largest absolute Gasteiger partial charge is 0.481 e. The van der Waals surface area contributed by atoms with Crippen LogP contribution >= 0.6 is 11.8 Å². The van der Waals surface area contributed by atoms with E-state index in [-0.39, 0.29) is 30.4 Å². The molecule has 1 unspecified atom stereocenters. The summed E-state index contributed by atoms with van der Waals surface area (Å²) in [6.45, 7) is 2.87. The summed E-state index contributed by atoms with van der Waals surface area (Å²) in [7, 11) is 1.39. The number of nitrogens with zero attached hydrogens (tertiary/aromatic N) is 3. The van der Waals surface area contributed by atoms with E-state index >= 15 is 0 Å². The number of aromatic nitrogens is 2. The Hall–Kier alpha value is -1.87. The molecule has 1 aliphatic rings. The molecule has 0 saturated heterocycles. The van der Waals surface area contributed by atoms with E-state index in [1.54, 1.807) is 13.2 Å². The highest BCUT2D eigenvalue weighted by molar-refractivity contribution is 7.98. The minimum atomic E-state index is -1.86. The minimum Gasteiger partial charge on any atom is -0.481 e. The maximum absolute atomic E-state index is 12.4. The van der Waals surface area contributed by atoms with Crippen molar-refractivity contribution in [1.29, 1.82) is 0 Å². The van der Waals surface area contributed by atoms with Crippen LogP contribution in [-0.2, 0) is 19.9 Å². The van der Waals surface area contributed by atoms with E-state index in [0.29, 0.717) is 5.16 Å². The number of hydrogen-bond donors (Lipinski definition) is 1. The quantitative estimate of drug-likeness (QED) is 0.469. The van der Waals surface area contributed by atoms with Crippen LogP contribution < -0.4 is 9.64 Å². The average molecular weight is 327 g/mol. The van der Waals surface area contributed by atoms with Crippen molar-refractivity contribution in [2.45, 2.75) is 24.6 Å². The zero-order valence-electron chi connectivity index (χ0n) is 12.7. The van der Waals surface area contributed by atoms with Gasteiger partial charge in [-0.1, -0.05) is 11.8 Å². The molecule has 0 fully saturated rings. The summed E-state index contributed by atoms with van der Waals surface area (Å²) in [5, 5.41) is 10.9. The number of amides is 1. The number of carbonyl (C=O) groups is 2. The monoisotopic (exact) mass is 327 g/mol. The lowest BCUT2D eigenvalue weighted by atomic mass is 10.0. The smallest absolute Gasteiger partial charge is 0.326 e. The standard InChI is InChI=1S/C13H17N3O5S/c1-5-21-7(17)6-16-9-8(13(2,19)11(16)18)10(20-3)15-12(14-9)22-4/h19H,5-6H2,1-4H3. The van der Waals surface area contributed by atoms with Crippen molar-refractivity contribution in [2.24, 2.45) is 0 Å². The number of rotatable bonds is 5. The van der Waals surface area contributed by atoms with Crippen molar-refractivity contribution in [1.82, 2.24) is 9.97 Å². The predicted molar refractivity (Wildman–Crippen MR) is 78.9 cm³/mol. The van der Waals surface area contributed by atoms with Crippen molar-refractivity contribution in [3.8, 4) is 5.88 Å². The van der Waals surface area contributed by atoms with E-state index in [9.17, 15) is 14.7 Å². The van der Waals surface area contributed by atoms with Crippen molar-refractivity contribution < 1.29 is 24.2 Å². The van der Waals surface area contributed by atoms with Crippen LogP contribution in [0, 0.1) is 0 Å². The normalized spacial score (nSPS) is 20.0. The second kappa shape index (κ2) is 6.09. The predicted octanol–water partition coefficient (Wildman–Crippen LogP) is 0.324. The summed E-state index contributed by atoms with van der Waals surface area (Å²) in [5.74, 6) is -0.970. The van der Waals surface area contributed by atoms with Gasteiger partial charge < -0.3 is 14.6 Å². The van der Waals surface area contributed by atoms with Gasteiger partial charge in [-0.2, -0.15) is 4.98 Å². The Balaban J connectivity index is 2.53. The first kappa shape index (κ1) is 16.5. The molecule has 1 atom stereocenters. The van der Waals surface area contributed by atoms with Crippen LogP contribution in [0.1, 0.15) is 19.4 Å². The molecular formula is C13H17N3O5S. The van der Waals surface area contributed by atoms with E-state index < -0.39 is 17.5 Å². The van der Waals surface area contributed by atoms with Crippen molar-refractivity contribution in [3.05, 3.63) is 5.56 Å². The second-order valence-corrected chi connectivity index (χ2v) is 5.46. The van der Waals surface area contributed by atoms with Gasteiger partial charge in [-0.15, -0.1) is 0 Å². The number of esters is 1. The second-order valence-electron chi connectivity index (χ2n) is 4.69. The first-order chi connectivity index (χ1) is 10.4. The zero-order valence-corrected chi connectivity index (χ0v) is 13.6. The number of aliphatic hydroxyl groups is 1. The van der Waals surface area contributed by atoms with Gasteiger partial charge in [0.15, 0.2) is 16.6 Å². The van der Waals surface area contributed by atoms with Gasteiger partial charge in [-0.05, 0) is 20.1 Å². The molecule has 2 rings (SSSR count). The molecular weight excluding hydrogens is 310 g/mol. The molecule has 0 saturated carbocycles. The van der Waals surface area contributed by atoms with Crippen LogP contribution in [-0.4, -0.2) is 53.5 Å². The first-order valence-corrected chi connectivity index (χ1v) is 7.79. The van der Waals surface area contributed by atoms with Gasteiger partial charge in [0.25, 0.3) is 5.91 Å². The van der Waals surface area contributed by atoms with Crippen LogP contribution in [0.3, 0.4) is 0 Å². The van der Waals surface area contributed by atoms with E-state index in [1.165, 1.54) is 25.8 Å². The Bertz CT molecular complexity index is 620. The highest BCUT2D eigenvalue weighted by Crippen LogP contribution is 2.44. The molecule has 0 aromatic carbocycles. The Morgan fingerprint density at radius 3 is 2.68 bits per heavy atom. The van der Waals surface area contributed by atoms with E-state index in [0.717, 1.165) is 4.90 Å². The molecule has 0 radical (unpaired) electrons. The number of thioether (sulfide) groups is 1. The lowest BCUT2D eigenvalue weighted by Gasteiger charge is -2.17. The maximum Gasteiger partial charge on any atom is 0.326 e. The number of hydrogen-bond acceptors (Lipinski definition) is 8. The molecule has 2 heterocycles. The summed E-state index contributed by atoms with van der Waals surface area (Å²) < 4.78 is 10.0. The number of carbonyl (C=O) groups excluding carboxylic acids is 2. The highest BCUT2D eigenvalue weighted by atomic mass is 32.2. The lowest BCUT2D eigenvalue weighted by Crippen LogP contribution is -2.41. The molecule has 1 aromatic heterocycles. The molecule has 0 bridgehead atoms. The van der Waals surface area contributed by atoms with Gasteiger partial charge in [0.05, 0.1) is 19.3 Å². The number of ether oxygens (including phenoxy) is 2. The molecule has 1 N–H and O–H groups in total. The van der Waals surface area contributed by atoms with Crippen molar-refractivity contribution in [2.75, 3.05) is 31.4 Å². The van der Waals surface area contributed by atoms with Crippen LogP contribution in [0.5, 0.6) is 5.88 Å². The summed E-state index contributed by atoms with van der Waals surface area (Å²) in [4.78, 5) is 33.6. The van der Waals surface area contributed by atoms with Gasteiger partial charge in [-0.25, -0.2) is 4.98 Å². The maximum atomic E-state index is 12.4. The summed E-state index contributed by atoms with van der Waals surface area (Å²) in [6, 6.07) is 0. The summed E-state index contributed by atoms with van der Waals surface area (Å²) in [5.41, 5.74) is -1.70. The molecule has 22 heavy (non-hydrogen) atoms. The van der Waals surface area contributed by atoms with Gasteiger partial charge in [0.2, 0.25) is 5.88 Å². The summed E-state index contributed by atoms with van der Waals surface area (Å²) in [6.07, 6.45) is 1.77. The van der Waals surface area contributed by atoms with Crippen LogP contribution in [0.2, 0.25) is 0 Å². The van der Waals surface area contributed by atoms with Crippen LogP contribution in [0.15, 0.2) is 5.16 Å². The lowest BCUT2D eigenvalue weighted by molar-refractivity contribution is -0.144. The molecule has 8 nitrogen and oxygen atoms in total. The molecule has 1 aliphatic heterocycles. The fourth-order valence-electron chi connectivity index (χ4n) is 2.22. The fourth-order valence-corrected chi connectivity index (χ4v) is 2.57. The first-order valence-electron chi connectivity index (χ1n) is 6.57. The van der Waals surface area contributed by atoms with Gasteiger partial charge in [0, 0.05) is 0 Å². The topological polar surface area (TPSA) is 102 Å². The van der Waals surface area contributed by atoms with E-state index in [2.05, 4.69) is 9.97 Å². The Morgan fingerprint density at radius 2 is 2.14 bits per heavy atom. The van der Waals surface area contributed by atoms with Gasteiger partial charge in [0.1, 0.15) is 6.54 Å². The van der Waals surface area contributed by atoms with E-state index in [1.807, 2.05) is 0 Å². The highest BCUT2D eigenvalue weighted by Gasteiger charge is 2.51. The number of anilines is 1. The Morgan fingerprint density at radius 1 is 1.45 bits per heavy atom. The number of fused-ring (bicyclic) bond motifs is 1. The minimum absolute atomic E-state index is 0.110. The fraction of sp³-hybridized carbons (Fsp3) is 0.538. The molecule has 0 spiro atoms. The van der Waals surface area contributed by atoms with Gasteiger partial charge in [-0.3, -0.25) is 14.5 Å². The Labute approximate surface area is 131 Å². The third kappa shape index (κ3) is 2.61. The van der Waals surface area contributed by atoms with Crippen LogP contribution in [0.25, 0.3) is 0 Å². The van der Waals surface area contributed by atoms with Gasteiger partial charge >= 0.3 is 5.97 Å². The molecule has 120 valence electrons. The van der Waals surface area contributed by atoms with Crippen molar-refractivity contribution in [3.63, 3.8) is 0 Å². The van der Waals surface area contributed by atoms with Crippen molar-refractivity contribution >= 4 is 29.5 Å². The van der Waals surface area contributed by atoms with Crippen LogP contribution in [0.4, 0.5) is 5.82 Å². The zero-order chi connectivity index (χ0) is 16.5. The third-order valence-electron chi connectivity index (χ3n) is 3.21. The summed E-state index contributed by atoms with van der Waals surface area (Å²) >= 11 is 1.26.